The van der Waals surface area contributed by atoms with Crippen LogP contribution in [0, 0.1) is 15.9 Å². The predicted molar refractivity (Wildman–Crippen MR) is 80.3 cm³/mol. The number of hydrogen-bond acceptors (Lipinski definition) is 5. The zero-order valence-electron chi connectivity index (χ0n) is 12.5. The first-order chi connectivity index (χ1) is 11.4. The third kappa shape index (κ3) is 2.47. The van der Waals surface area contributed by atoms with Crippen molar-refractivity contribution in [2.45, 2.75) is 6.54 Å². The number of nitro benzene ring substituents is 1. The van der Waals surface area contributed by atoms with E-state index < -0.39 is 22.6 Å². The van der Waals surface area contributed by atoms with Crippen LogP contribution < -0.4 is 4.74 Å². The standard InChI is InChI=1S/C16H11FN2O5/c1-24-14-5-2-9(6-13(14)17)8-18-15(20)11-4-3-10(19(22)23)7-12(11)16(18)21/h2-7H,8H2,1H3. The van der Waals surface area contributed by atoms with E-state index in [0.29, 0.717) is 5.56 Å². The highest BCUT2D eigenvalue weighted by Gasteiger charge is 2.36. The van der Waals surface area contributed by atoms with Crippen molar-refractivity contribution in [1.82, 2.24) is 4.90 Å². The molecular formula is C16H11FN2O5. The smallest absolute Gasteiger partial charge is 0.270 e. The lowest BCUT2D eigenvalue weighted by Crippen LogP contribution is -2.29. The van der Waals surface area contributed by atoms with E-state index in [4.69, 9.17) is 4.74 Å². The van der Waals surface area contributed by atoms with Crippen molar-refractivity contribution in [3.63, 3.8) is 0 Å². The van der Waals surface area contributed by atoms with Crippen LogP contribution in [0.2, 0.25) is 0 Å². The van der Waals surface area contributed by atoms with Crippen LogP contribution in [0.5, 0.6) is 5.75 Å². The van der Waals surface area contributed by atoms with Gasteiger partial charge in [0.15, 0.2) is 11.6 Å². The van der Waals surface area contributed by atoms with Crippen molar-refractivity contribution < 1.29 is 23.6 Å². The number of nitro groups is 1. The number of hydrogen-bond donors (Lipinski definition) is 0. The SMILES string of the molecule is COc1ccc(CN2C(=O)c3ccc([N+](=O)[O-])cc3C2=O)cc1F. The summed E-state index contributed by atoms with van der Waals surface area (Å²) < 4.78 is 18.5. The molecule has 0 bridgehead atoms. The van der Waals surface area contributed by atoms with E-state index in [1.807, 2.05) is 0 Å². The number of imide groups is 1. The first kappa shape index (κ1) is 15.6. The average molecular weight is 330 g/mol. The molecule has 0 radical (unpaired) electrons. The van der Waals surface area contributed by atoms with Gasteiger partial charge in [0.1, 0.15) is 0 Å². The number of fused-ring (bicyclic) bond motifs is 1. The Hall–Kier alpha value is -3.29. The molecule has 24 heavy (non-hydrogen) atoms. The van der Waals surface area contributed by atoms with E-state index in [2.05, 4.69) is 0 Å². The Kier molecular flexibility index (Phi) is 3.72. The number of non-ortho nitro benzene ring substituents is 1. The number of nitrogens with zero attached hydrogens (tertiary/aromatic N) is 2. The van der Waals surface area contributed by atoms with E-state index in [0.717, 1.165) is 11.0 Å². The zero-order chi connectivity index (χ0) is 17.4. The summed E-state index contributed by atoms with van der Waals surface area (Å²) in [7, 11) is 1.33. The summed E-state index contributed by atoms with van der Waals surface area (Å²) >= 11 is 0. The van der Waals surface area contributed by atoms with Crippen LogP contribution in [0.25, 0.3) is 0 Å². The Bertz CT molecular complexity index is 881. The van der Waals surface area contributed by atoms with Gasteiger partial charge >= 0.3 is 0 Å². The second kappa shape index (κ2) is 5.73. The van der Waals surface area contributed by atoms with Gasteiger partial charge in [-0.3, -0.25) is 24.6 Å². The molecule has 0 spiro atoms. The highest BCUT2D eigenvalue weighted by molar-refractivity contribution is 6.21. The lowest BCUT2D eigenvalue weighted by molar-refractivity contribution is -0.384. The highest BCUT2D eigenvalue weighted by Crippen LogP contribution is 2.28. The molecule has 0 atom stereocenters. The molecule has 1 heterocycles. The van der Waals surface area contributed by atoms with Crippen molar-refractivity contribution in [2.24, 2.45) is 0 Å². The molecule has 0 aliphatic carbocycles. The maximum absolute atomic E-state index is 13.7. The third-order valence-electron chi connectivity index (χ3n) is 3.72. The largest absolute Gasteiger partial charge is 0.494 e. The number of rotatable bonds is 4. The predicted octanol–water partition coefficient (Wildman–Crippen LogP) is 2.54. The molecule has 8 heteroatoms. The Morgan fingerprint density at radius 2 is 1.83 bits per heavy atom. The van der Waals surface area contributed by atoms with Crippen LogP contribution >= 0.6 is 0 Å². The second-order valence-electron chi connectivity index (χ2n) is 5.15. The van der Waals surface area contributed by atoms with Crippen molar-refractivity contribution in [2.75, 3.05) is 7.11 Å². The minimum atomic E-state index is -0.644. The number of carbonyl (C=O) groups is 2. The molecule has 2 aromatic carbocycles. The summed E-state index contributed by atoms with van der Waals surface area (Å²) in [6, 6.07) is 7.60. The van der Waals surface area contributed by atoms with E-state index >= 15 is 0 Å². The Labute approximate surface area is 135 Å². The van der Waals surface area contributed by atoms with E-state index in [1.165, 1.54) is 37.4 Å². The molecule has 0 aromatic heterocycles. The number of benzene rings is 2. The molecule has 0 saturated heterocycles. The average Bonchev–Trinajstić information content (AvgIpc) is 2.79. The number of ether oxygens (including phenoxy) is 1. The summed E-state index contributed by atoms with van der Waals surface area (Å²) in [5, 5.41) is 10.8. The fourth-order valence-corrected chi connectivity index (χ4v) is 2.53. The van der Waals surface area contributed by atoms with Gasteiger partial charge in [0.05, 0.1) is 29.7 Å². The van der Waals surface area contributed by atoms with Crippen LogP contribution in [0.3, 0.4) is 0 Å². The molecule has 0 unspecified atom stereocenters. The summed E-state index contributed by atoms with van der Waals surface area (Å²) in [5.74, 6) is -1.77. The van der Waals surface area contributed by atoms with E-state index in [9.17, 15) is 24.1 Å². The van der Waals surface area contributed by atoms with Crippen LogP contribution in [-0.4, -0.2) is 28.7 Å². The zero-order valence-corrected chi connectivity index (χ0v) is 12.5. The first-order valence-corrected chi connectivity index (χ1v) is 6.89. The van der Waals surface area contributed by atoms with Gasteiger partial charge in [-0.1, -0.05) is 6.07 Å². The number of halogens is 1. The Balaban J connectivity index is 1.91. The van der Waals surface area contributed by atoms with E-state index in [-0.39, 0.29) is 29.1 Å². The van der Waals surface area contributed by atoms with Gasteiger partial charge in [0.2, 0.25) is 0 Å². The van der Waals surface area contributed by atoms with Crippen LogP contribution in [0.4, 0.5) is 10.1 Å². The first-order valence-electron chi connectivity index (χ1n) is 6.89. The number of carbonyl (C=O) groups excluding carboxylic acids is 2. The minimum absolute atomic E-state index is 0.0248. The molecule has 122 valence electrons. The molecule has 1 aliphatic heterocycles. The topological polar surface area (TPSA) is 89.8 Å². The van der Waals surface area contributed by atoms with Crippen molar-refractivity contribution >= 4 is 17.5 Å². The molecule has 2 amide bonds. The monoisotopic (exact) mass is 330 g/mol. The van der Waals surface area contributed by atoms with Gasteiger partial charge in [-0.05, 0) is 23.8 Å². The molecule has 0 fully saturated rings. The lowest BCUT2D eigenvalue weighted by atomic mass is 10.1. The number of amides is 2. The maximum Gasteiger partial charge on any atom is 0.270 e. The van der Waals surface area contributed by atoms with E-state index in [1.54, 1.807) is 0 Å². The fourth-order valence-electron chi connectivity index (χ4n) is 2.53. The molecule has 0 saturated carbocycles. The molecule has 7 nitrogen and oxygen atoms in total. The summed E-state index contributed by atoms with van der Waals surface area (Å²) in [6.45, 7) is -0.138. The molecule has 1 aliphatic rings. The van der Waals surface area contributed by atoms with Gasteiger partial charge in [-0.15, -0.1) is 0 Å². The normalized spacial score (nSPS) is 13.2. The quantitative estimate of drug-likeness (QED) is 0.488. The number of methoxy groups -OCH3 is 1. The summed E-state index contributed by atoms with van der Waals surface area (Å²) in [5.41, 5.74) is 0.201. The summed E-state index contributed by atoms with van der Waals surface area (Å²) in [4.78, 5) is 35.8. The highest BCUT2D eigenvalue weighted by atomic mass is 19.1. The Morgan fingerprint density at radius 1 is 1.12 bits per heavy atom. The van der Waals surface area contributed by atoms with Crippen LogP contribution in [0.1, 0.15) is 26.3 Å². The maximum atomic E-state index is 13.7. The molecule has 2 aromatic rings. The summed E-state index contributed by atoms with van der Waals surface area (Å²) in [6.07, 6.45) is 0. The van der Waals surface area contributed by atoms with Gasteiger partial charge < -0.3 is 4.74 Å². The molecule has 0 N–H and O–H groups in total. The Morgan fingerprint density at radius 3 is 2.46 bits per heavy atom. The van der Waals surface area contributed by atoms with Gasteiger partial charge in [0, 0.05) is 12.1 Å². The molecular weight excluding hydrogens is 319 g/mol. The second-order valence-corrected chi connectivity index (χ2v) is 5.15. The fraction of sp³-hybridized carbons (Fsp3) is 0.125. The minimum Gasteiger partial charge on any atom is -0.494 e. The third-order valence-corrected chi connectivity index (χ3v) is 3.72. The van der Waals surface area contributed by atoms with Crippen molar-refractivity contribution in [3.8, 4) is 5.75 Å². The van der Waals surface area contributed by atoms with Gasteiger partial charge in [0.25, 0.3) is 17.5 Å². The van der Waals surface area contributed by atoms with Crippen molar-refractivity contribution in [1.29, 1.82) is 0 Å². The van der Waals surface area contributed by atoms with Gasteiger partial charge in [-0.25, -0.2) is 4.39 Å². The van der Waals surface area contributed by atoms with Crippen molar-refractivity contribution in [3.05, 3.63) is 69.0 Å². The van der Waals surface area contributed by atoms with Crippen LogP contribution in [0.15, 0.2) is 36.4 Å². The molecule has 3 rings (SSSR count). The van der Waals surface area contributed by atoms with Gasteiger partial charge in [-0.2, -0.15) is 0 Å². The lowest BCUT2D eigenvalue weighted by Gasteiger charge is -2.14. The van der Waals surface area contributed by atoms with Crippen LogP contribution in [-0.2, 0) is 6.54 Å².